The van der Waals surface area contributed by atoms with Crippen LogP contribution in [0.15, 0.2) is 59.5 Å². The van der Waals surface area contributed by atoms with Gasteiger partial charge in [-0.3, -0.25) is 29.8 Å². The molecule has 4 N–H and O–H groups in total. The quantitative estimate of drug-likeness (QED) is 0.228. The molecule has 0 bridgehead atoms. The predicted octanol–water partition coefficient (Wildman–Crippen LogP) is 3.52. The van der Waals surface area contributed by atoms with Gasteiger partial charge in [0, 0.05) is 17.9 Å². The molecule has 3 aromatic rings. The van der Waals surface area contributed by atoms with Gasteiger partial charge in [0.05, 0.1) is 48.0 Å². The van der Waals surface area contributed by atoms with Crippen LogP contribution < -0.4 is 20.7 Å². The minimum atomic E-state index is -3.98. The van der Waals surface area contributed by atoms with Gasteiger partial charge in [-0.15, -0.1) is 0 Å². The summed E-state index contributed by atoms with van der Waals surface area (Å²) in [5, 5.41) is 17.9. The summed E-state index contributed by atoms with van der Waals surface area (Å²) in [6.07, 6.45) is -0.910. The van der Waals surface area contributed by atoms with Crippen LogP contribution in [0.1, 0.15) is 57.3 Å². The summed E-state index contributed by atoms with van der Waals surface area (Å²) < 4.78 is 50.8. The number of aliphatic carboxylic acids is 1. The topological polar surface area (TPSA) is 198 Å². The van der Waals surface area contributed by atoms with E-state index in [0.29, 0.717) is 0 Å². The number of carboxylic acid groups (broad SMARTS) is 1. The average molecular weight is 683 g/mol. The lowest BCUT2D eigenvalue weighted by Gasteiger charge is -2.33. The number of anilines is 2. The fourth-order valence-corrected chi connectivity index (χ4v) is 7.01. The molecule has 14 nitrogen and oxygen atoms in total. The molecule has 1 fully saturated rings. The molecule has 252 valence electrons. The number of methoxy groups -OCH3 is 2. The van der Waals surface area contributed by atoms with Crippen LogP contribution in [0.4, 0.5) is 20.6 Å². The summed E-state index contributed by atoms with van der Waals surface area (Å²) in [7, 11) is -1.61. The van der Waals surface area contributed by atoms with Crippen LogP contribution in [0.2, 0.25) is 0 Å². The fraction of sp³-hybridized carbons (Fsp3) is 0.281. The summed E-state index contributed by atoms with van der Waals surface area (Å²) in [5.74, 6) is -5.73. The normalized spacial score (nSPS) is 17.7. The second-order valence-electron chi connectivity index (χ2n) is 11.0. The highest BCUT2D eigenvalue weighted by atomic mass is 32.2. The van der Waals surface area contributed by atoms with Crippen LogP contribution in [0, 0.1) is 11.7 Å². The number of carbonyl (C=O) groups excluding carboxylic acids is 4. The first-order valence-electron chi connectivity index (χ1n) is 14.6. The monoisotopic (exact) mass is 682 g/mol. The van der Waals surface area contributed by atoms with Crippen molar-refractivity contribution in [3.05, 3.63) is 82.7 Å². The van der Waals surface area contributed by atoms with Crippen molar-refractivity contribution in [1.82, 2.24) is 10.2 Å². The number of nitrogens with one attached hydrogen (secondary N) is 3. The van der Waals surface area contributed by atoms with Crippen LogP contribution in [-0.4, -0.2) is 74.7 Å². The van der Waals surface area contributed by atoms with Gasteiger partial charge in [0.15, 0.2) is 21.4 Å². The highest BCUT2D eigenvalue weighted by molar-refractivity contribution is 7.91. The number of nitrogens with zero attached hydrogens (tertiary/aromatic N) is 1. The number of likely N-dealkylation sites (tertiary alicyclic amines) is 1. The van der Waals surface area contributed by atoms with Crippen LogP contribution in [0.5, 0.6) is 5.75 Å². The van der Waals surface area contributed by atoms with E-state index in [9.17, 15) is 41.9 Å². The van der Waals surface area contributed by atoms with E-state index < -0.39 is 63.4 Å². The summed E-state index contributed by atoms with van der Waals surface area (Å²) in [6, 6.07) is 9.08. The third-order valence-corrected chi connectivity index (χ3v) is 10.1. The summed E-state index contributed by atoms with van der Waals surface area (Å²) >= 11 is 0. The molecule has 48 heavy (non-hydrogen) atoms. The Morgan fingerprint density at radius 2 is 1.73 bits per heavy atom. The number of fused-ring (bicyclic) bond motifs is 1. The summed E-state index contributed by atoms with van der Waals surface area (Å²) in [6.45, 7) is 1.30. The molecule has 0 spiro atoms. The maximum Gasteiger partial charge on any atom is 0.411 e. The zero-order valence-electron chi connectivity index (χ0n) is 25.9. The molecule has 3 aromatic carbocycles. The molecule has 4 amide bonds. The Balaban J connectivity index is 1.65. The van der Waals surface area contributed by atoms with Gasteiger partial charge in [0.2, 0.25) is 5.91 Å². The van der Waals surface area contributed by atoms with Crippen molar-refractivity contribution in [3.63, 3.8) is 0 Å². The smallest absolute Gasteiger partial charge is 0.411 e. The van der Waals surface area contributed by atoms with Gasteiger partial charge in [-0.2, -0.15) is 0 Å². The number of rotatable bonds is 10. The second kappa shape index (κ2) is 13.3. The van der Waals surface area contributed by atoms with Gasteiger partial charge in [-0.25, -0.2) is 17.6 Å². The van der Waals surface area contributed by atoms with Crippen LogP contribution in [0.25, 0.3) is 0 Å². The number of carboxylic acids is 1. The van der Waals surface area contributed by atoms with Crippen molar-refractivity contribution >= 4 is 51.0 Å². The fourth-order valence-electron chi connectivity index (χ4n) is 5.88. The van der Waals surface area contributed by atoms with Crippen molar-refractivity contribution in [1.29, 1.82) is 0 Å². The van der Waals surface area contributed by atoms with Crippen molar-refractivity contribution in [2.45, 2.75) is 30.3 Å². The summed E-state index contributed by atoms with van der Waals surface area (Å²) in [4.78, 5) is 64.7. The van der Waals surface area contributed by atoms with E-state index in [0.717, 1.165) is 13.2 Å². The first-order chi connectivity index (χ1) is 22.8. The number of ether oxygens (including phenoxy) is 2. The molecule has 1 saturated heterocycles. The number of carbonyl (C=O) groups is 5. The molecule has 2 heterocycles. The maximum atomic E-state index is 14.6. The predicted molar refractivity (Wildman–Crippen MR) is 168 cm³/mol. The number of hydrogen-bond acceptors (Lipinski definition) is 10. The van der Waals surface area contributed by atoms with Gasteiger partial charge < -0.3 is 24.8 Å². The minimum Gasteiger partial charge on any atom is -0.494 e. The van der Waals surface area contributed by atoms with Crippen molar-refractivity contribution in [2.75, 3.05) is 37.2 Å². The van der Waals surface area contributed by atoms with E-state index >= 15 is 0 Å². The van der Waals surface area contributed by atoms with E-state index in [1.807, 2.05) is 0 Å². The van der Waals surface area contributed by atoms with Crippen LogP contribution >= 0.6 is 0 Å². The third kappa shape index (κ3) is 6.38. The van der Waals surface area contributed by atoms with E-state index in [4.69, 9.17) is 4.74 Å². The minimum absolute atomic E-state index is 0.0350. The Morgan fingerprint density at radius 1 is 1.02 bits per heavy atom. The molecular formula is C32H31FN4O10S. The number of halogens is 1. The van der Waals surface area contributed by atoms with E-state index in [1.54, 1.807) is 0 Å². The molecule has 0 saturated carbocycles. The zero-order chi connectivity index (χ0) is 34.9. The van der Waals surface area contributed by atoms with E-state index in [1.165, 1.54) is 67.5 Å². The van der Waals surface area contributed by atoms with Crippen molar-refractivity contribution in [3.8, 4) is 5.75 Å². The molecule has 0 aromatic heterocycles. The summed E-state index contributed by atoms with van der Waals surface area (Å²) in [5.41, 5.74) is 0.670. The first-order valence-corrected chi connectivity index (χ1v) is 16.3. The van der Waals surface area contributed by atoms with Crippen molar-refractivity contribution in [2.24, 2.45) is 5.92 Å². The SMILES string of the molecule is CCS(=O)(=O)c1ccc(NC(=O)OC)cc1[C@H]1[C@@H](C(=O)O)CCN1C(=O)C(Nc1ccc2c(c1)C(=O)NC2=O)c1ccc(F)c(OC)c1. The average Bonchev–Trinajstić information content (AvgIpc) is 3.64. The Bertz CT molecular complexity index is 1950. The Labute approximate surface area is 274 Å². The highest BCUT2D eigenvalue weighted by Crippen LogP contribution is 2.43. The number of imide groups is 1. The molecule has 3 atom stereocenters. The molecule has 2 aliphatic heterocycles. The largest absolute Gasteiger partial charge is 0.494 e. The maximum absolute atomic E-state index is 14.6. The molecule has 0 aliphatic carbocycles. The first kappa shape index (κ1) is 33.8. The van der Waals surface area contributed by atoms with Gasteiger partial charge in [0.1, 0.15) is 6.04 Å². The van der Waals surface area contributed by atoms with E-state index in [2.05, 4.69) is 20.7 Å². The number of amides is 4. The van der Waals surface area contributed by atoms with Crippen molar-refractivity contribution < 1.29 is 51.4 Å². The van der Waals surface area contributed by atoms with Gasteiger partial charge in [-0.05, 0) is 66.1 Å². The highest BCUT2D eigenvalue weighted by Gasteiger charge is 2.46. The second-order valence-corrected chi connectivity index (χ2v) is 13.2. The van der Waals surface area contributed by atoms with E-state index in [-0.39, 0.29) is 63.0 Å². The Morgan fingerprint density at radius 3 is 2.40 bits per heavy atom. The van der Waals surface area contributed by atoms with Gasteiger partial charge >= 0.3 is 12.1 Å². The third-order valence-electron chi connectivity index (χ3n) is 8.28. The molecule has 1 unspecified atom stereocenters. The lowest BCUT2D eigenvalue weighted by Crippen LogP contribution is -2.40. The standard InChI is InChI=1S/C32H31FN4O10S/c1-4-48(44,45)25-10-7-18(35-32(43)47-3)15-22(25)27-20(31(41)42)11-12-37(27)30(40)26(16-5-9-23(33)24(13-16)46-2)34-17-6-8-19-21(14-17)29(39)36-28(19)38/h5-10,13-15,20,26-27,34H,4,11-12H2,1-3H3,(H,35,43)(H,41,42)(H,36,38,39)/t20-,26?,27+/m0/s1. The van der Waals surface area contributed by atoms with Gasteiger partial charge in [-0.1, -0.05) is 13.0 Å². The number of benzene rings is 3. The lowest BCUT2D eigenvalue weighted by molar-refractivity contribution is -0.143. The molecule has 5 rings (SSSR count). The Kier molecular flexibility index (Phi) is 9.38. The lowest BCUT2D eigenvalue weighted by atomic mass is 9.92. The molecular weight excluding hydrogens is 651 g/mol. The molecule has 0 radical (unpaired) electrons. The molecule has 16 heteroatoms. The Hall–Kier alpha value is -5.51. The van der Waals surface area contributed by atoms with Crippen LogP contribution in [-0.2, 0) is 24.2 Å². The van der Waals surface area contributed by atoms with Crippen LogP contribution in [0.3, 0.4) is 0 Å². The zero-order valence-corrected chi connectivity index (χ0v) is 26.7. The number of hydrogen-bond donors (Lipinski definition) is 4. The molecule has 2 aliphatic rings. The number of sulfone groups is 1. The van der Waals surface area contributed by atoms with Gasteiger partial charge in [0.25, 0.3) is 11.8 Å².